The summed E-state index contributed by atoms with van der Waals surface area (Å²) in [5, 5.41) is 3.06. The zero-order chi connectivity index (χ0) is 12.1. The highest BCUT2D eigenvalue weighted by molar-refractivity contribution is 5.46. The molecule has 0 aliphatic heterocycles. The quantitative estimate of drug-likeness (QED) is 0.870. The van der Waals surface area contributed by atoms with E-state index in [0.29, 0.717) is 0 Å². The minimum atomic E-state index is 0.765. The summed E-state index contributed by atoms with van der Waals surface area (Å²) < 4.78 is 10.9. The smallest absolute Gasteiger partial charge is 0.131 e. The molecule has 0 fully saturated rings. The van der Waals surface area contributed by atoms with Crippen molar-refractivity contribution >= 4 is 5.69 Å². The zero-order valence-electron chi connectivity index (χ0n) is 9.94. The molecular weight excluding hydrogens is 214 g/mol. The summed E-state index contributed by atoms with van der Waals surface area (Å²) >= 11 is 0. The van der Waals surface area contributed by atoms with Crippen LogP contribution >= 0.6 is 0 Å². The molecule has 0 saturated heterocycles. The predicted octanol–water partition coefficient (Wildman–Crippen LogP) is 3.53. The Morgan fingerprint density at radius 1 is 0.882 bits per heavy atom. The highest BCUT2D eigenvalue weighted by Gasteiger charge is 1.99. The minimum Gasteiger partial charge on any atom is -0.497 e. The molecule has 1 N–H and O–H groups in total. The summed E-state index contributed by atoms with van der Waals surface area (Å²) in [6.45, 7) is 0. The second-order valence-corrected chi connectivity index (χ2v) is 3.56. The number of methoxy groups -OCH3 is 1. The summed E-state index contributed by atoms with van der Waals surface area (Å²) in [7, 11) is 3.53. The first kappa shape index (κ1) is 11.3. The number of hydrogen-bond donors (Lipinski definition) is 1. The molecule has 2 aromatic rings. The normalized spacial score (nSPS) is 9.76. The van der Waals surface area contributed by atoms with E-state index in [1.807, 2.05) is 55.6 Å². The van der Waals surface area contributed by atoms with E-state index in [-0.39, 0.29) is 0 Å². The minimum absolute atomic E-state index is 0.765. The van der Waals surface area contributed by atoms with Gasteiger partial charge in [-0.05, 0) is 36.4 Å². The number of rotatable bonds is 4. The van der Waals surface area contributed by atoms with Crippen LogP contribution in [0.25, 0.3) is 0 Å². The molecule has 0 aromatic heterocycles. The highest BCUT2D eigenvalue weighted by atomic mass is 16.5. The molecule has 0 aliphatic rings. The molecule has 17 heavy (non-hydrogen) atoms. The maximum Gasteiger partial charge on any atom is 0.131 e. The topological polar surface area (TPSA) is 30.5 Å². The van der Waals surface area contributed by atoms with Gasteiger partial charge in [-0.2, -0.15) is 0 Å². The van der Waals surface area contributed by atoms with E-state index in [9.17, 15) is 0 Å². The molecule has 0 atom stereocenters. The molecule has 0 bridgehead atoms. The van der Waals surface area contributed by atoms with Crippen molar-refractivity contribution in [2.24, 2.45) is 0 Å². The van der Waals surface area contributed by atoms with Gasteiger partial charge in [0.05, 0.1) is 7.11 Å². The molecule has 0 amide bonds. The second kappa shape index (κ2) is 5.25. The van der Waals surface area contributed by atoms with Gasteiger partial charge in [-0.15, -0.1) is 0 Å². The average Bonchev–Trinajstić information content (AvgIpc) is 2.40. The Kier molecular flexibility index (Phi) is 3.50. The maximum absolute atomic E-state index is 5.71. The molecule has 0 saturated carbocycles. The maximum atomic E-state index is 5.71. The summed E-state index contributed by atoms with van der Waals surface area (Å²) in [5.41, 5.74) is 1.06. The van der Waals surface area contributed by atoms with Crippen molar-refractivity contribution < 1.29 is 9.47 Å². The van der Waals surface area contributed by atoms with Crippen LogP contribution in [-0.2, 0) is 0 Å². The third-order valence-corrected chi connectivity index (χ3v) is 2.42. The van der Waals surface area contributed by atoms with Gasteiger partial charge in [0, 0.05) is 18.8 Å². The van der Waals surface area contributed by atoms with Gasteiger partial charge in [0.15, 0.2) is 0 Å². The fourth-order valence-electron chi connectivity index (χ4n) is 1.49. The molecular formula is C14H15NO2. The van der Waals surface area contributed by atoms with Crippen molar-refractivity contribution in [3.05, 3.63) is 48.5 Å². The second-order valence-electron chi connectivity index (χ2n) is 3.56. The Hall–Kier alpha value is -2.16. The van der Waals surface area contributed by atoms with Gasteiger partial charge in [-0.25, -0.2) is 0 Å². The number of hydrogen-bond acceptors (Lipinski definition) is 3. The molecule has 3 heteroatoms. The van der Waals surface area contributed by atoms with E-state index in [4.69, 9.17) is 9.47 Å². The SMILES string of the molecule is CNc1ccc(Oc2cccc(OC)c2)cc1. The Bertz CT molecular complexity index is 480. The highest BCUT2D eigenvalue weighted by Crippen LogP contribution is 2.25. The van der Waals surface area contributed by atoms with Crippen molar-refractivity contribution in [3.8, 4) is 17.2 Å². The molecule has 0 unspecified atom stereocenters. The molecule has 0 aliphatic carbocycles. The van der Waals surface area contributed by atoms with Crippen LogP contribution in [0.5, 0.6) is 17.2 Å². The molecule has 2 rings (SSSR count). The molecule has 88 valence electrons. The number of ether oxygens (including phenoxy) is 2. The lowest BCUT2D eigenvalue weighted by molar-refractivity contribution is 0.409. The summed E-state index contributed by atoms with van der Waals surface area (Å²) in [6, 6.07) is 15.3. The number of nitrogens with one attached hydrogen (secondary N) is 1. The van der Waals surface area contributed by atoms with Gasteiger partial charge in [0.25, 0.3) is 0 Å². The van der Waals surface area contributed by atoms with E-state index in [1.54, 1.807) is 7.11 Å². The van der Waals surface area contributed by atoms with Gasteiger partial charge < -0.3 is 14.8 Å². The van der Waals surface area contributed by atoms with Gasteiger partial charge >= 0.3 is 0 Å². The fourth-order valence-corrected chi connectivity index (χ4v) is 1.49. The van der Waals surface area contributed by atoms with Crippen LogP contribution in [0, 0.1) is 0 Å². The van der Waals surface area contributed by atoms with Crippen LogP contribution in [0.3, 0.4) is 0 Å². The number of benzene rings is 2. The lowest BCUT2D eigenvalue weighted by atomic mass is 10.3. The molecule has 0 heterocycles. The van der Waals surface area contributed by atoms with Crippen LogP contribution in [0.4, 0.5) is 5.69 Å². The lowest BCUT2D eigenvalue weighted by Gasteiger charge is -2.08. The van der Waals surface area contributed by atoms with Crippen LogP contribution < -0.4 is 14.8 Å². The average molecular weight is 229 g/mol. The standard InChI is InChI=1S/C14H15NO2/c1-15-11-6-8-12(9-7-11)17-14-5-3-4-13(10-14)16-2/h3-10,15H,1-2H3. The van der Waals surface area contributed by atoms with Crippen molar-refractivity contribution in [2.45, 2.75) is 0 Å². The Balaban J connectivity index is 2.13. The predicted molar refractivity (Wildman–Crippen MR) is 69.1 cm³/mol. The van der Waals surface area contributed by atoms with Gasteiger partial charge in [0.1, 0.15) is 17.2 Å². The summed E-state index contributed by atoms with van der Waals surface area (Å²) in [4.78, 5) is 0. The van der Waals surface area contributed by atoms with Gasteiger partial charge in [0.2, 0.25) is 0 Å². The molecule has 2 aromatic carbocycles. The van der Waals surface area contributed by atoms with Crippen LogP contribution in [0.15, 0.2) is 48.5 Å². The largest absolute Gasteiger partial charge is 0.497 e. The Labute approximate surface area is 101 Å². The number of anilines is 1. The summed E-state index contributed by atoms with van der Waals surface area (Å²) in [6.07, 6.45) is 0. The van der Waals surface area contributed by atoms with Gasteiger partial charge in [-0.3, -0.25) is 0 Å². The Morgan fingerprint density at radius 3 is 2.24 bits per heavy atom. The third-order valence-electron chi connectivity index (χ3n) is 2.42. The molecule has 0 spiro atoms. The fraction of sp³-hybridized carbons (Fsp3) is 0.143. The van der Waals surface area contributed by atoms with Crippen molar-refractivity contribution in [1.82, 2.24) is 0 Å². The first-order valence-electron chi connectivity index (χ1n) is 5.41. The van der Waals surface area contributed by atoms with E-state index < -0.39 is 0 Å². The monoisotopic (exact) mass is 229 g/mol. The van der Waals surface area contributed by atoms with Crippen LogP contribution in [-0.4, -0.2) is 14.2 Å². The van der Waals surface area contributed by atoms with Crippen LogP contribution in [0.2, 0.25) is 0 Å². The molecule has 0 radical (unpaired) electrons. The first-order chi connectivity index (χ1) is 8.31. The Morgan fingerprint density at radius 2 is 1.59 bits per heavy atom. The third kappa shape index (κ3) is 2.91. The van der Waals surface area contributed by atoms with E-state index >= 15 is 0 Å². The zero-order valence-corrected chi connectivity index (χ0v) is 9.94. The first-order valence-corrected chi connectivity index (χ1v) is 5.41. The van der Waals surface area contributed by atoms with Crippen molar-refractivity contribution in [3.63, 3.8) is 0 Å². The van der Waals surface area contributed by atoms with E-state index in [2.05, 4.69) is 5.32 Å². The lowest BCUT2D eigenvalue weighted by Crippen LogP contribution is -1.89. The van der Waals surface area contributed by atoms with E-state index in [0.717, 1.165) is 22.9 Å². The van der Waals surface area contributed by atoms with Crippen LogP contribution in [0.1, 0.15) is 0 Å². The van der Waals surface area contributed by atoms with E-state index in [1.165, 1.54) is 0 Å². The van der Waals surface area contributed by atoms with Crippen molar-refractivity contribution in [1.29, 1.82) is 0 Å². The van der Waals surface area contributed by atoms with Gasteiger partial charge in [-0.1, -0.05) is 6.07 Å². The summed E-state index contributed by atoms with van der Waals surface area (Å²) in [5.74, 6) is 2.35. The van der Waals surface area contributed by atoms with Crippen molar-refractivity contribution in [2.75, 3.05) is 19.5 Å². The molecule has 3 nitrogen and oxygen atoms in total.